The molecule has 0 spiro atoms. The maximum absolute atomic E-state index is 14.1. The number of Topliss-reactive ketones (excluding diaryl/α,β-unsaturated/α-hetero) is 1. The largest absolute Gasteiger partial charge is 0.324 e. The molecule has 2 unspecified atom stereocenters. The average molecular weight is 792 g/mol. The molecule has 8 nitrogen and oxygen atoms in total. The van der Waals surface area contributed by atoms with Gasteiger partial charge in [0.05, 0.1) is 40.9 Å². The van der Waals surface area contributed by atoms with Gasteiger partial charge in [-0.25, -0.2) is 0 Å². The van der Waals surface area contributed by atoms with Crippen molar-refractivity contribution in [2.45, 2.75) is 83.5 Å². The standard InChI is InChI=1S/C52H49N5O3/c58-50(22-32-10-19-47(53-29-32)39-14-11-33-4-1-7-36(33)23-39)42-26-43(51(59)56-45-17-20-48(54-30-45)40-15-12-34-5-2-8-37(34)24-40)28-44(27-42)52(60)57-46-18-21-49(55-31-46)41-16-13-35-6-3-9-38(35)25-41/h10-21,23-25,29-31,42-44H,1-9,22,26-28H2,(H,56,59)(H,57,60). The summed E-state index contributed by atoms with van der Waals surface area (Å²) in [4.78, 5) is 56.2. The van der Waals surface area contributed by atoms with E-state index in [9.17, 15) is 14.4 Å². The molecule has 2 N–H and O–H groups in total. The summed E-state index contributed by atoms with van der Waals surface area (Å²) >= 11 is 0. The molecule has 3 heterocycles. The second-order valence-corrected chi connectivity index (χ2v) is 17.3. The predicted octanol–water partition coefficient (Wildman–Crippen LogP) is 9.76. The van der Waals surface area contributed by atoms with E-state index in [1.54, 1.807) is 18.6 Å². The lowest BCUT2D eigenvalue weighted by molar-refractivity contribution is -0.130. The smallest absolute Gasteiger partial charge is 0.227 e. The summed E-state index contributed by atoms with van der Waals surface area (Å²) in [6, 6.07) is 31.2. The zero-order valence-corrected chi connectivity index (χ0v) is 33.9. The number of hydrogen-bond donors (Lipinski definition) is 2. The number of nitrogens with one attached hydrogen (secondary N) is 2. The van der Waals surface area contributed by atoms with Crippen molar-refractivity contribution in [2.75, 3.05) is 10.6 Å². The Hall–Kier alpha value is -6.28. The lowest BCUT2D eigenvalue weighted by Gasteiger charge is -2.33. The van der Waals surface area contributed by atoms with E-state index in [1.165, 1.54) is 52.6 Å². The van der Waals surface area contributed by atoms with Crippen LogP contribution in [0, 0.1) is 17.8 Å². The molecule has 0 saturated heterocycles. The molecule has 2 atom stereocenters. The van der Waals surface area contributed by atoms with Crippen molar-refractivity contribution >= 4 is 29.0 Å². The number of fused-ring (bicyclic) bond motifs is 3. The molecule has 6 aromatic rings. The van der Waals surface area contributed by atoms with Crippen LogP contribution in [0.15, 0.2) is 110 Å². The Labute approximate surface area is 351 Å². The molecule has 1 fully saturated rings. The minimum absolute atomic E-state index is 0.0121. The van der Waals surface area contributed by atoms with E-state index >= 15 is 0 Å². The Morgan fingerprint density at radius 1 is 0.450 bits per heavy atom. The summed E-state index contributed by atoms with van der Waals surface area (Å²) in [5.74, 6) is -1.96. The summed E-state index contributed by atoms with van der Waals surface area (Å²) in [7, 11) is 0. The molecule has 2 amide bonds. The van der Waals surface area contributed by atoms with Crippen LogP contribution in [-0.2, 0) is 59.3 Å². The van der Waals surface area contributed by atoms with Gasteiger partial charge in [0.15, 0.2) is 0 Å². The lowest BCUT2D eigenvalue weighted by atomic mass is 9.72. The van der Waals surface area contributed by atoms with Gasteiger partial charge in [0, 0.05) is 47.1 Å². The SMILES string of the molecule is O=C(Cc1ccc(-c2ccc3c(c2)CCC3)nc1)C1CC(C(=O)Nc2ccc(-c3ccc4c(c3)CCC4)nc2)CC(C(=O)Nc2ccc(-c3ccc4c(c3)CCC4)nc2)C1. The number of ketones is 1. The van der Waals surface area contributed by atoms with Crippen LogP contribution < -0.4 is 10.6 Å². The Bertz CT molecular complexity index is 2310. The molecule has 10 rings (SSSR count). The number of anilines is 2. The maximum atomic E-state index is 14.1. The molecule has 1 saturated carbocycles. The molecule has 300 valence electrons. The van der Waals surface area contributed by atoms with Gasteiger partial charge in [-0.05, 0) is 165 Å². The Kier molecular flexibility index (Phi) is 10.4. The monoisotopic (exact) mass is 791 g/mol. The van der Waals surface area contributed by atoms with Gasteiger partial charge in [-0.1, -0.05) is 42.5 Å². The minimum Gasteiger partial charge on any atom is -0.324 e. The van der Waals surface area contributed by atoms with Crippen LogP contribution in [0.4, 0.5) is 11.4 Å². The molecule has 0 aliphatic heterocycles. The molecule has 4 aliphatic carbocycles. The first kappa shape index (κ1) is 38.0. The van der Waals surface area contributed by atoms with Crippen molar-refractivity contribution in [3.05, 3.63) is 149 Å². The zero-order valence-electron chi connectivity index (χ0n) is 33.9. The number of pyridine rings is 3. The first-order valence-electron chi connectivity index (χ1n) is 21.8. The summed E-state index contributed by atoms with van der Waals surface area (Å²) in [5.41, 5.74) is 16.2. The van der Waals surface area contributed by atoms with Crippen LogP contribution in [0.5, 0.6) is 0 Å². The molecular formula is C52H49N5O3. The van der Waals surface area contributed by atoms with Crippen LogP contribution in [0.1, 0.15) is 77.5 Å². The average Bonchev–Trinajstić information content (AvgIpc) is 4.08. The Morgan fingerprint density at radius 3 is 1.25 bits per heavy atom. The topological polar surface area (TPSA) is 114 Å². The molecule has 60 heavy (non-hydrogen) atoms. The summed E-state index contributed by atoms with van der Waals surface area (Å²) in [6.07, 6.45) is 16.7. The number of amides is 2. The highest BCUT2D eigenvalue weighted by atomic mass is 16.2. The molecule has 8 heteroatoms. The van der Waals surface area contributed by atoms with Gasteiger partial charge >= 0.3 is 0 Å². The fraction of sp³-hybridized carbons (Fsp3) is 0.308. The molecule has 0 bridgehead atoms. The van der Waals surface area contributed by atoms with Gasteiger partial charge in [0.2, 0.25) is 11.8 Å². The number of nitrogens with zero attached hydrogens (tertiary/aromatic N) is 3. The Balaban J connectivity index is 0.838. The van der Waals surface area contributed by atoms with Crippen LogP contribution in [0.3, 0.4) is 0 Å². The minimum atomic E-state index is -0.541. The number of carbonyl (C=O) groups excluding carboxylic acids is 3. The second-order valence-electron chi connectivity index (χ2n) is 17.3. The highest BCUT2D eigenvalue weighted by Gasteiger charge is 2.39. The van der Waals surface area contributed by atoms with Crippen LogP contribution in [0.25, 0.3) is 33.8 Å². The fourth-order valence-corrected chi connectivity index (χ4v) is 10.0. The quantitative estimate of drug-likeness (QED) is 0.143. The van der Waals surface area contributed by atoms with Crippen molar-refractivity contribution in [3.8, 4) is 33.8 Å². The van der Waals surface area contributed by atoms with Crippen molar-refractivity contribution < 1.29 is 14.4 Å². The van der Waals surface area contributed by atoms with Crippen molar-refractivity contribution in [1.29, 1.82) is 0 Å². The summed E-state index contributed by atoms with van der Waals surface area (Å²) < 4.78 is 0. The number of aryl methyl sites for hydroxylation is 6. The number of benzene rings is 3. The number of hydrogen-bond acceptors (Lipinski definition) is 6. The van der Waals surface area contributed by atoms with E-state index < -0.39 is 17.8 Å². The molecule has 3 aromatic carbocycles. The van der Waals surface area contributed by atoms with E-state index in [-0.39, 0.29) is 24.0 Å². The molecule has 4 aliphatic rings. The van der Waals surface area contributed by atoms with E-state index in [4.69, 9.17) is 4.98 Å². The molecule has 3 aromatic heterocycles. The van der Waals surface area contributed by atoms with Gasteiger partial charge in [-0.3, -0.25) is 29.3 Å². The lowest BCUT2D eigenvalue weighted by Crippen LogP contribution is -2.39. The van der Waals surface area contributed by atoms with E-state index in [2.05, 4.69) is 75.2 Å². The van der Waals surface area contributed by atoms with Crippen LogP contribution in [-0.4, -0.2) is 32.5 Å². The third-order valence-electron chi connectivity index (χ3n) is 13.4. The van der Waals surface area contributed by atoms with Gasteiger partial charge in [0.1, 0.15) is 5.78 Å². The van der Waals surface area contributed by atoms with Crippen LogP contribution >= 0.6 is 0 Å². The second kappa shape index (κ2) is 16.4. The van der Waals surface area contributed by atoms with Crippen LogP contribution in [0.2, 0.25) is 0 Å². The van der Waals surface area contributed by atoms with E-state index in [0.29, 0.717) is 30.6 Å². The van der Waals surface area contributed by atoms with E-state index in [1.807, 2.05) is 36.4 Å². The first-order chi connectivity index (χ1) is 29.4. The number of aromatic nitrogens is 3. The van der Waals surface area contributed by atoms with Gasteiger partial charge < -0.3 is 10.6 Å². The van der Waals surface area contributed by atoms with Gasteiger partial charge in [0.25, 0.3) is 0 Å². The summed E-state index contributed by atoms with van der Waals surface area (Å²) in [6.45, 7) is 0. The van der Waals surface area contributed by atoms with Crippen molar-refractivity contribution in [2.24, 2.45) is 17.8 Å². The number of rotatable bonds is 10. The highest BCUT2D eigenvalue weighted by molar-refractivity contribution is 5.97. The normalized spacial score (nSPS) is 19.0. The third kappa shape index (κ3) is 8.03. The van der Waals surface area contributed by atoms with Gasteiger partial charge in [-0.15, -0.1) is 0 Å². The summed E-state index contributed by atoms with van der Waals surface area (Å²) in [5, 5.41) is 6.12. The predicted molar refractivity (Wildman–Crippen MR) is 235 cm³/mol. The highest BCUT2D eigenvalue weighted by Crippen LogP contribution is 2.37. The molecular weight excluding hydrogens is 743 g/mol. The molecule has 0 radical (unpaired) electrons. The van der Waals surface area contributed by atoms with Gasteiger partial charge in [-0.2, -0.15) is 0 Å². The zero-order chi connectivity index (χ0) is 40.6. The first-order valence-corrected chi connectivity index (χ1v) is 21.8. The maximum Gasteiger partial charge on any atom is 0.227 e. The third-order valence-corrected chi connectivity index (χ3v) is 13.4. The van der Waals surface area contributed by atoms with E-state index in [0.717, 1.165) is 77.9 Å². The van der Waals surface area contributed by atoms with Crippen molar-refractivity contribution in [1.82, 2.24) is 15.0 Å². The number of carbonyl (C=O) groups is 3. The Morgan fingerprint density at radius 2 is 0.850 bits per heavy atom. The fourth-order valence-electron chi connectivity index (χ4n) is 10.0. The van der Waals surface area contributed by atoms with Crippen molar-refractivity contribution in [3.63, 3.8) is 0 Å².